The van der Waals surface area contributed by atoms with E-state index in [9.17, 15) is 13.2 Å². The molecule has 116 valence electrons. The minimum absolute atomic E-state index is 0.181. The van der Waals surface area contributed by atoms with Crippen molar-refractivity contribution in [1.82, 2.24) is 9.97 Å². The normalized spacial score (nSPS) is 17.9. The molecule has 1 aliphatic rings. The highest BCUT2D eigenvalue weighted by atomic mass is 19.4. The second kappa shape index (κ2) is 5.47. The maximum absolute atomic E-state index is 13.1. The molecule has 0 fully saturated rings. The van der Waals surface area contributed by atoms with Crippen molar-refractivity contribution >= 4 is 11.8 Å². The van der Waals surface area contributed by atoms with Gasteiger partial charge in [-0.3, -0.25) is 0 Å². The first kappa shape index (κ1) is 14.6. The summed E-state index contributed by atoms with van der Waals surface area (Å²) in [5.74, 6) is -0.443. The van der Waals surface area contributed by atoms with E-state index >= 15 is 0 Å². The van der Waals surface area contributed by atoms with Crippen LogP contribution in [0.15, 0.2) is 30.5 Å². The van der Waals surface area contributed by atoms with Crippen LogP contribution < -0.4 is 11.1 Å². The quantitative estimate of drug-likeness (QED) is 0.890. The van der Waals surface area contributed by atoms with Crippen LogP contribution in [-0.4, -0.2) is 9.97 Å². The van der Waals surface area contributed by atoms with Gasteiger partial charge in [-0.05, 0) is 30.4 Å². The van der Waals surface area contributed by atoms with Crippen molar-refractivity contribution in [3.8, 4) is 0 Å². The predicted molar refractivity (Wildman–Crippen MR) is 77.2 cm³/mol. The van der Waals surface area contributed by atoms with E-state index in [1.807, 2.05) is 24.3 Å². The van der Waals surface area contributed by atoms with E-state index in [0.717, 1.165) is 36.6 Å². The molecule has 2 aromatic rings. The van der Waals surface area contributed by atoms with Gasteiger partial charge in [0.1, 0.15) is 11.4 Å². The summed E-state index contributed by atoms with van der Waals surface area (Å²) in [6.07, 6.45) is -1.20. The second-order valence-corrected chi connectivity index (χ2v) is 5.28. The number of alkyl halides is 3. The molecule has 0 bridgehead atoms. The number of benzene rings is 1. The van der Waals surface area contributed by atoms with E-state index in [1.54, 1.807) is 0 Å². The average Bonchev–Trinajstić information content (AvgIpc) is 2.46. The van der Waals surface area contributed by atoms with E-state index < -0.39 is 11.7 Å². The van der Waals surface area contributed by atoms with Crippen LogP contribution in [0, 0.1) is 0 Å². The fraction of sp³-hybridized carbons (Fsp3) is 0.333. The lowest BCUT2D eigenvalue weighted by Crippen LogP contribution is -2.21. The summed E-state index contributed by atoms with van der Waals surface area (Å²) in [6, 6.07) is 7.55. The molecule has 3 rings (SSSR count). The van der Waals surface area contributed by atoms with Crippen LogP contribution in [0.4, 0.5) is 24.9 Å². The van der Waals surface area contributed by atoms with Crippen molar-refractivity contribution in [3.05, 3.63) is 47.2 Å². The summed E-state index contributed by atoms with van der Waals surface area (Å²) in [5.41, 5.74) is 6.71. The van der Waals surface area contributed by atoms with Crippen LogP contribution in [-0.2, 0) is 12.6 Å². The SMILES string of the molecule is Nc1ncc(C(F)(F)F)c(N[C@@H]2CCCc3ccccc32)n1. The Morgan fingerprint density at radius 1 is 1.23 bits per heavy atom. The molecule has 22 heavy (non-hydrogen) atoms. The molecule has 7 heteroatoms. The minimum Gasteiger partial charge on any atom is -0.368 e. The molecule has 0 unspecified atom stereocenters. The number of fused-ring (bicyclic) bond motifs is 1. The Hall–Kier alpha value is -2.31. The lowest BCUT2D eigenvalue weighted by atomic mass is 9.87. The van der Waals surface area contributed by atoms with Crippen molar-refractivity contribution in [1.29, 1.82) is 0 Å². The van der Waals surface area contributed by atoms with Crippen molar-refractivity contribution in [2.45, 2.75) is 31.5 Å². The number of aryl methyl sites for hydroxylation is 1. The van der Waals surface area contributed by atoms with Crippen molar-refractivity contribution in [3.63, 3.8) is 0 Å². The molecule has 1 aromatic heterocycles. The Labute approximate surface area is 125 Å². The van der Waals surface area contributed by atoms with Gasteiger partial charge < -0.3 is 11.1 Å². The van der Waals surface area contributed by atoms with E-state index in [-0.39, 0.29) is 17.8 Å². The summed E-state index contributed by atoms with van der Waals surface area (Å²) in [6.45, 7) is 0. The third-order valence-corrected chi connectivity index (χ3v) is 3.79. The van der Waals surface area contributed by atoms with Crippen LogP contribution in [0.5, 0.6) is 0 Å². The van der Waals surface area contributed by atoms with E-state index in [2.05, 4.69) is 15.3 Å². The standard InChI is InChI=1S/C15H15F3N4/c16-15(17,18)11-8-20-14(19)22-13(11)21-12-7-3-5-9-4-1-2-6-10(9)12/h1-2,4,6,8,12H,3,5,7H2,(H3,19,20,21,22)/t12-/m1/s1. The number of nitrogen functional groups attached to an aromatic ring is 1. The minimum atomic E-state index is -4.52. The van der Waals surface area contributed by atoms with Gasteiger partial charge >= 0.3 is 6.18 Å². The van der Waals surface area contributed by atoms with E-state index in [0.29, 0.717) is 0 Å². The Bertz CT molecular complexity index is 685. The van der Waals surface area contributed by atoms with Crippen LogP contribution in [0.25, 0.3) is 0 Å². The summed E-state index contributed by atoms with van der Waals surface area (Å²) in [7, 11) is 0. The van der Waals surface area contributed by atoms with Gasteiger partial charge in [0.15, 0.2) is 0 Å². The van der Waals surface area contributed by atoms with Crippen molar-refractivity contribution in [2.24, 2.45) is 0 Å². The Morgan fingerprint density at radius 3 is 2.77 bits per heavy atom. The molecule has 1 aromatic carbocycles. The van der Waals surface area contributed by atoms with Gasteiger partial charge in [-0.2, -0.15) is 18.2 Å². The fourth-order valence-corrected chi connectivity index (χ4v) is 2.78. The molecule has 0 saturated heterocycles. The van der Waals surface area contributed by atoms with E-state index in [1.165, 1.54) is 0 Å². The predicted octanol–water partition coefficient (Wildman–Crippen LogP) is 3.57. The molecule has 0 amide bonds. The Balaban J connectivity index is 1.96. The summed E-state index contributed by atoms with van der Waals surface area (Å²) in [5, 5.41) is 2.90. The largest absolute Gasteiger partial charge is 0.421 e. The lowest BCUT2D eigenvalue weighted by Gasteiger charge is -2.27. The molecular weight excluding hydrogens is 293 g/mol. The van der Waals surface area contributed by atoms with Crippen LogP contribution in [0.3, 0.4) is 0 Å². The molecule has 0 aliphatic heterocycles. The van der Waals surface area contributed by atoms with Gasteiger partial charge in [0.05, 0.1) is 6.04 Å². The smallest absolute Gasteiger partial charge is 0.368 e. The molecule has 0 saturated carbocycles. The number of nitrogens with zero attached hydrogens (tertiary/aromatic N) is 2. The van der Waals surface area contributed by atoms with Gasteiger partial charge in [-0.1, -0.05) is 24.3 Å². The van der Waals surface area contributed by atoms with Gasteiger partial charge in [-0.25, -0.2) is 4.98 Å². The maximum Gasteiger partial charge on any atom is 0.421 e. The van der Waals surface area contributed by atoms with Gasteiger partial charge in [0.2, 0.25) is 5.95 Å². The zero-order valence-corrected chi connectivity index (χ0v) is 11.7. The third-order valence-electron chi connectivity index (χ3n) is 3.79. The number of nitrogens with two attached hydrogens (primary N) is 1. The Kier molecular flexibility index (Phi) is 3.64. The van der Waals surface area contributed by atoms with Crippen molar-refractivity contribution in [2.75, 3.05) is 11.1 Å². The maximum atomic E-state index is 13.1. The topological polar surface area (TPSA) is 63.8 Å². The highest BCUT2D eigenvalue weighted by Gasteiger charge is 2.36. The molecule has 3 N–H and O–H groups in total. The monoisotopic (exact) mass is 308 g/mol. The number of hydrogen-bond donors (Lipinski definition) is 2. The van der Waals surface area contributed by atoms with E-state index in [4.69, 9.17) is 5.73 Å². The van der Waals surface area contributed by atoms with Crippen LogP contribution in [0.1, 0.15) is 35.6 Å². The number of hydrogen-bond acceptors (Lipinski definition) is 4. The number of halogens is 3. The zero-order valence-electron chi connectivity index (χ0n) is 11.7. The molecule has 0 radical (unpaired) electrons. The molecular formula is C15H15F3N4. The van der Waals surface area contributed by atoms with Gasteiger partial charge in [0, 0.05) is 6.20 Å². The van der Waals surface area contributed by atoms with Crippen molar-refractivity contribution < 1.29 is 13.2 Å². The first-order valence-corrected chi connectivity index (χ1v) is 6.99. The number of anilines is 2. The fourth-order valence-electron chi connectivity index (χ4n) is 2.78. The van der Waals surface area contributed by atoms with Gasteiger partial charge in [0.25, 0.3) is 0 Å². The zero-order chi connectivity index (χ0) is 15.7. The van der Waals surface area contributed by atoms with Crippen LogP contribution in [0.2, 0.25) is 0 Å². The molecule has 1 atom stereocenters. The third kappa shape index (κ3) is 2.84. The number of aromatic nitrogens is 2. The van der Waals surface area contributed by atoms with Crippen LogP contribution >= 0.6 is 0 Å². The summed E-state index contributed by atoms with van der Waals surface area (Å²) in [4.78, 5) is 7.19. The lowest BCUT2D eigenvalue weighted by molar-refractivity contribution is -0.137. The molecule has 4 nitrogen and oxygen atoms in total. The van der Waals surface area contributed by atoms with Gasteiger partial charge in [-0.15, -0.1) is 0 Å². The summed E-state index contributed by atoms with van der Waals surface area (Å²) < 4.78 is 39.2. The molecule has 1 heterocycles. The highest BCUT2D eigenvalue weighted by Crippen LogP contribution is 2.37. The summed E-state index contributed by atoms with van der Waals surface area (Å²) >= 11 is 0. The first-order valence-electron chi connectivity index (χ1n) is 6.99. The highest BCUT2D eigenvalue weighted by molar-refractivity contribution is 5.50. The molecule has 1 aliphatic carbocycles. The second-order valence-electron chi connectivity index (χ2n) is 5.28. The first-order chi connectivity index (χ1) is 10.4. The molecule has 0 spiro atoms. The average molecular weight is 308 g/mol. The number of rotatable bonds is 2. The number of nitrogens with one attached hydrogen (secondary N) is 1. The Morgan fingerprint density at radius 2 is 2.00 bits per heavy atom.